The highest BCUT2D eigenvalue weighted by molar-refractivity contribution is 6.31. The molecule has 1 atom stereocenters. The second kappa shape index (κ2) is 3.96. The van der Waals surface area contributed by atoms with Gasteiger partial charge in [-0.05, 0) is 25.1 Å². The van der Waals surface area contributed by atoms with Crippen molar-refractivity contribution in [2.45, 2.75) is 19.5 Å². The third-order valence-corrected chi connectivity index (χ3v) is 2.81. The predicted octanol–water partition coefficient (Wildman–Crippen LogP) is 1.34. The summed E-state index contributed by atoms with van der Waals surface area (Å²) in [6.45, 7) is 2.39. The minimum absolute atomic E-state index is 0.0565. The Balaban J connectivity index is 2.74. The molecule has 0 radical (unpaired) electrons. The maximum atomic E-state index is 12.0. The van der Waals surface area contributed by atoms with Crippen LogP contribution in [0.2, 0.25) is 5.02 Å². The van der Waals surface area contributed by atoms with Crippen LogP contribution < -0.4 is 11.4 Å². The van der Waals surface area contributed by atoms with Crippen LogP contribution in [-0.4, -0.2) is 15.2 Å². The van der Waals surface area contributed by atoms with Gasteiger partial charge in [-0.2, -0.15) is 0 Å². The molecule has 0 aliphatic carbocycles. The number of aromatic nitrogens is 2. The van der Waals surface area contributed by atoms with Gasteiger partial charge >= 0.3 is 5.69 Å². The summed E-state index contributed by atoms with van der Waals surface area (Å²) in [7, 11) is 1.73. The van der Waals surface area contributed by atoms with Gasteiger partial charge in [-0.25, -0.2) is 4.79 Å². The van der Waals surface area contributed by atoms with Gasteiger partial charge in [0.2, 0.25) is 0 Å². The molecule has 86 valence electrons. The van der Waals surface area contributed by atoms with E-state index >= 15 is 0 Å². The van der Waals surface area contributed by atoms with Gasteiger partial charge in [0.1, 0.15) is 0 Å². The Hall–Kier alpha value is -1.26. The lowest BCUT2D eigenvalue weighted by molar-refractivity contribution is 0.577. The van der Waals surface area contributed by atoms with Crippen LogP contribution in [-0.2, 0) is 13.6 Å². The fourth-order valence-corrected chi connectivity index (χ4v) is 2.01. The highest BCUT2D eigenvalue weighted by Gasteiger charge is 2.11. The van der Waals surface area contributed by atoms with Crippen molar-refractivity contribution in [2.75, 3.05) is 0 Å². The summed E-state index contributed by atoms with van der Waals surface area (Å²) in [6, 6.07) is 5.36. The topological polar surface area (TPSA) is 52.9 Å². The van der Waals surface area contributed by atoms with Crippen LogP contribution in [0.3, 0.4) is 0 Å². The number of aryl methyl sites for hydroxylation is 1. The van der Waals surface area contributed by atoms with E-state index in [9.17, 15) is 4.79 Å². The molecule has 0 spiro atoms. The summed E-state index contributed by atoms with van der Waals surface area (Å²) < 4.78 is 3.26. The molecule has 0 aliphatic rings. The minimum atomic E-state index is -0.0606. The van der Waals surface area contributed by atoms with Crippen LogP contribution >= 0.6 is 11.6 Å². The lowest BCUT2D eigenvalue weighted by atomic mass is 10.3. The van der Waals surface area contributed by atoms with E-state index in [-0.39, 0.29) is 11.7 Å². The van der Waals surface area contributed by atoms with Crippen molar-refractivity contribution in [1.29, 1.82) is 0 Å². The van der Waals surface area contributed by atoms with E-state index in [1.54, 1.807) is 28.3 Å². The third kappa shape index (κ3) is 1.74. The number of benzene rings is 1. The van der Waals surface area contributed by atoms with Crippen LogP contribution in [0.5, 0.6) is 0 Å². The Morgan fingerprint density at radius 3 is 2.75 bits per heavy atom. The van der Waals surface area contributed by atoms with E-state index < -0.39 is 0 Å². The Morgan fingerprint density at radius 2 is 2.12 bits per heavy atom. The largest absolute Gasteiger partial charge is 0.328 e. The summed E-state index contributed by atoms with van der Waals surface area (Å²) >= 11 is 5.91. The number of fused-ring (bicyclic) bond motifs is 1. The monoisotopic (exact) mass is 239 g/mol. The maximum Gasteiger partial charge on any atom is 0.328 e. The molecule has 2 rings (SSSR count). The Bertz CT molecular complexity index is 583. The standard InChI is InChI=1S/C11H14ClN3O/c1-7(13)6-15-9-4-3-8(12)5-10(9)14(2)11(15)16/h3-5,7H,6,13H2,1-2H3. The molecular weight excluding hydrogens is 226 g/mol. The van der Waals surface area contributed by atoms with Gasteiger partial charge in [-0.1, -0.05) is 11.6 Å². The molecule has 4 nitrogen and oxygen atoms in total. The second-order valence-electron chi connectivity index (χ2n) is 4.06. The third-order valence-electron chi connectivity index (χ3n) is 2.58. The van der Waals surface area contributed by atoms with E-state index in [1.165, 1.54) is 0 Å². The summed E-state index contributed by atoms with van der Waals surface area (Å²) in [5.41, 5.74) is 7.37. The van der Waals surface area contributed by atoms with Crippen molar-refractivity contribution >= 4 is 22.6 Å². The van der Waals surface area contributed by atoms with Crippen molar-refractivity contribution in [3.8, 4) is 0 Å². The molecule has 5 heteroatoms. The van der Waals surface area contributed by atoms with E-state index in [0.29, 0.717) is 11.6 Å². The number of halogens is 1. The van der Waals surface area contributed by atoms with Crippen LogP contribution in [0.1, 0.15) is 6.92 Å². The van der Waals surface area contributed by atoms with Crippen molar-refractivity contribution in [3.05, 3.63) is 33.7 Å². The molecule has 0 bridgehead atoms. The average molecular weight is 240 g/mol. The first-order chi connectivity index (χ1) is 7.50. The number of hydrogen-bond donors (Lipinski definition) is 1. The number of imidazole rings is 1. The lowest BCUT2D eigenvalue weighted by Gasteiger charge is -2.06. The number of nitrogens with two attached hydrogens (primary N) is 1. The zero-order valence-corrected chi connectivity index (χ0v) is 10.0. The lowest BCUT2D eigenvalue weighted by Crippen LogP contribution is -2.30. The summed E-state index contributed by atoms with van der Waals surface area (Å²) in [4.78, 5) is 12.0. The van der Waals surface area contributed by atoms with Crippen LogP contribution in [0.4, 0.5) is 0 Å². The maximum absolute atomic E-state index is 12.0. The molecule has 0 saturated carbocycles. The van der Waals surface area contributed by atoms with Crippen LogP contribution in [0.25, 0.3) is 11.0 Å². The molecular formula is C11H14ClN3O. The quantitative estimate of drug-likeness (QED) is 0.860. The van der Waals surface area contributed by atoms with Crippen molar-refractivity contribution < 1.29 is 0 Å². The van der Waals surface area contributed by atoms with Gasteiger partial charge in [0.15, 0.2) is 0 Å². The Morgan fingerprint density at radius 1 is 1.44 bits per heavy atom. The highest BCUT2D eigenvalue weighted by Crippen LogP contribution is 2.18. The summed E-state index contributed by atoms with van der Waals surface area (Å²) in [5.74, 6) is 0. The minimum Gasteiger partial charge on any atom is -0.326 e. The smallest absolute Gasteiger partial charge is 0.326 e. The van der Waals surface area contributed by atoms with E-state index in [0.717, 1.165) is 11.0 Å². The number of nitrogens with zero attached hydrogens (tertiary/aromatic N) is 2. The molecule has 0 fully saturated rings. The Labute approximate surface area is 98.2 Å². The SMILES string of the molecule is CC(N)Cn1c(=O)n(C)c2cc(Cl)ccc21. The van der Waals surface area contributed by atoms with E-state index in [2.05, 4.69) is 0 Å². The molecule has 2 aromatic rings. The number of hydrogen-bond acceptors (Lipinski definition) is 2. The zero-order valence-electron chi connectivity index (χ0n) is 9.27. The molecule has 1 aromatic carbocycles. The summed E-state index contributed by atoms with van der Waals surface area (Å²) in [6.07, 6.45) is 0. The molecule has 0 aliphatic heterocycles. The van der Waals surface area contributed by atoms with Gasteiger partial charge in [0.05, 0.1) is 11.0 Å². The van der Waals surface area contributed by atoms with Crippen molar-refractivity contribution in [3.63, 3.8) is 0 Å². The Kier molecular flexibility index (Phi) is 2.78. The van der Waals surface area contributed by atoms with Gasteiger partial charge in [0.25, 0.3) is 0 Å². The first kappa shape index (κ1) is 11.2. The summed E-state index contributed by atoms with van der Waals surface area (Å²) in [5, 5.41) is 0.626. The molecule has 16 heavy (non-hydrogen) atoms. The van der Waals surface area contributed by atoms with Gasteiger partial charge < -0.3 is 5.73 Å². The van der Waals surface area contributed by atoms with Gasteiger partial charge in [-0.15, -0.1) is 0 Å². The van der Waals surface area contributed by atoms with Crippen LogP contribution in [0, 0.1) is 0 Å². The van der Waals surface area contributed by atoms with E-state index in [4.69, 9.17) is 17.3 Å². The first-order valence-electron chi connectivity index (χ1n) is 5.11. The first-order valence-corrected chi connectivity index (χ1v) is 5.49. The fourth-order valence-electron chi connectivity index (χ4n) is 1.85. The molecule has 0 saturated heterocycles. The molecule has 1 unspecified atom stereocenters. The van der Waals surface area contributed by atoms with Gasteiger partial charge in [-0.3, -0.25) is 9.13 Å². The van der Waals surface area contributed by atoms with Gasteiger partial charge in [0, 0.05) is 24.7 Å². The number of rotatable bonds is 2. The predicted molar refractivity (Wildman–Crippen MR) is 65.8 cm³/mol. The molecule has 1 heterocycles. The normalized spacial score (nSPS) is 13.2. The molecule has 0 amide bonds. The highest BCUT2D eigenvalue weighted by atomic mass is 35.5. The average Bonchev–Trinajstić information content (AvgIpc) is 2.43. The van der Waals surface area contributed by atoms with E-state index in [1.807, 2.05) is 13.0 Å². The second-order valence-corrected chi connectivity index (χ2v) is 4.50. The van der Waals surface area contributed by atoms with Crippen LogP contribution in [0.15, 0.2) is 23.0 Å². The van der Waals surface area contributed by atoms with Crippen molar-refractivity contribution in [1.82, 2.24) is 9.13 Å². The van der Waals surface area contributed by atoms with Crippen molar-refractivity contribution in [2.24, 2.45) is 12.8 Å². The molecule has 2 N–H and O–H groups in total. The molecule has 1 aromatic heterocycles. The fraction of sp³-hybridized carbons (Fsp3) is 0.364. The zero-order chi connectivity index (χ0) is 11.9.